The highest BCUT2D eigenvalue weighted by Gasteiger charge is 2.27. The van der Waals surface area contributed by atoms with Gasteiger partial charge in [-0.3, -0.25) is 4.79 Å². The van der Waals surface area contributed by atoms with Crippen molar-refractivity contribution in [1.29, 1.82) is 0 Å². The summed E-state index contributed by atoms with van der Waals surface area (Å²) in [4.78, 5) is 19.1. The maximum absolute atomic E-state index is 12.4. The second kappa shape index (κ2) is 7.79. The Morgan fingerprint density at radius 3 is 2.61 bits per heavy atom. The minimum Gasteiger partial charge on any atom is -0.489 e. The summed E-state index contributed by atoms with van der Waals surface area (Å²) in [6, 6.07) is 9.87. The maximum atomic E-state index is 12.4. The Morgan fingerprint density at radius 2 is 1.87 bits per heavy atom. The number of rotatable bonds is 5. The van der Waals surface area contributed by atoms with Gasteiger partial charge in [0.1, 0.15) is 11.9 Å². The van der Waals surface area contributed by atoms with Crippen LogP contribution in [0, 0.1) is 0 Å². The van der Waals surface area contributed by atoms with Crippen LogP contribution in [-0.4, -0.2) is 79.6 Å². The molecular formula is C18H27N3O2. The number of nitrogens with zero attached hydrogens (tertiary/aromatic N) is 3. The second-order valence-corrected chi connectivity index (χ2v) is 6.58. The van der Waals surface area contributed by atoms with Crippen LogP contribution in [0.3, 0.4) is 0 Å². The van der Waals surface area contributed by atoms with E-state index in [1.165, 1.54) is 0 Å². The van der Waals surface area contributed by atoms with Gasteiger partial charge in [-0.2, -0.15) is 0 Å². The van der Waals surface area contributed by atoms with Gasteiger partial charge in [-0.25, -0.2) is 0 Å². The predicted octanol–water partition coefficient (Wildman–Crippen LogP) is 1.30. The summed E-state index contributed by atoms with van der Waals surface area (Å²) in [7, 11) is 2.15. The molecular weight excluding hydrogens is 290 g/mol. The number of benzene rings is 1. The molecule has 2 saturated heterocycles. The Balaban J connectivity index is 1.39. The Hall–Kier alpha value is -1.59. The first-order valence-corrected chi connectivity index (χ1v) is 8.61. The fourth-order valence-electron chi connectivity index (χ4n) is 3.23. The molecule has 0 aromatic heterocycles. The third-order valence-corrected chi connectivity index (χ3v) is 4.78. The summed E-state index contributed by atoms with van der Waals surface area (Å²) < 4.78 is 5.95. The largest absolute Gasteiger partial charge is 0.489 e. The Labute approximate surface area is 138 Å². The topological polar surface area (TPSA) is 36.0 Å². The highest BCUT2D eigenvalue weighted by molar-refractivity contribution is 5.76. The van der Waals surface area contributed by atoms with E-state index in [9.17, 15) is 4.79 Å². The minimum absolute atomic E-state index is 0.130. The summed E-state index contributed by atoms with van der Waals surface area (Å²) in [6.45, 7) is 6.77. The van der Waals surface area contributed by atoms with Gasteiger partial charge in [0.05, 0.1) is 6.54 Å². The maximum Gasteiger partial charge on any atom is 0.223 e. The van der Waals surface area contributed by atoms with E-state index in [0.717, 1.165) is 58.0 Å². The van der Waals surface area contributed by atoms with Crippen molar-refractivity contribution < 1.29 is 9.53 Å². The lowest BCUT2D eigenvalue weighted by atomic mass is 10.3. The van der Waals surface area contributed by atoms with E-state index in [2.05, 4.69) is 16.8 Å². The lowest BCUT2D eigenvalue weighted by molar-refractivity contribution is -0.130. The van der Waals surface area contributed by atoms with Crippen molar-refractivity contribution in [3.63, 3.8) is 0 Å². The molecule has 23 heavy (non-hydrogen) atoms. The SMILES string of the molecule is CN1CCN(CCC(=O)N2CC[C@H](Oc3ccccc3)C2)CC1. The van der Waals surface area contributed by atoms with E-state index in [0.29, 0.717) is 6.42 Å². The summed E-state index contributed by atoms with van der Waals surface area (Å²) in [6.07, 6.45) is 1.68. The molecule has 2 heterocycles. The first-order valence-electron chi connectivity index (χ1n) is 8.61. The number of hydrogen-bond donors (Lipinski definition) is 0. The van der Waals surface area contributed by atoms with Crippen molar-refractivity contribution in [3.05, 3.63) is 30.3 Å². The fourth-order valence-corrected chi connectivity index (χ4v) is 3.23. The van der Waals surface area contributed by atoms with E-state index >= 15 is 0 Å². The number of carbonyl (C=O) groups is 1. The number of hydrogen-bond acceptors (Lipinski definition) is 4. The highest BCUT2D eigenvalue weighted by atomic mass is 16.5. The first kappa shape index (κ1) is 16.3. The summed E-state index contributed by atoms with van der Waals surface area (Å²) in [5, 5.41) is 0. The van der Waals surface area contributed by atoms with Crippen LogP contribution in [0.1, 0.15) is 12.8 Å². The monoisotopic (exact) mass is 317 g/mol. The van der Waals surface area contributed by atoms with Crippen molar-refractivity contribution in [2.75, 3.05) is 52.9 Å². The van der Waals surface area contributed by atoms with Crippen LogP contribution in [0.5, 0.6) is 5.75 Å². The Morgan fingerprint density at radius 1 is 1.13 bits per heavy atom. The standard InChI is InChI=1S/C18H27N3O2/c1-19-11-13-20(14-12-19)9-8-18(22)21-10-7-17(15-21)23-16-5-3-2-4-6-16/h2-6,17H,7-15H2,1H3/t17-/m0/s1. The third kappa shape index (κ3) is 4.69. The second-order valence-electron chi connectivity index (χ2n) is 6.58. The zero-order valence-electron chi connectivity index (χ0n) is 14.0. The number of likely N-dealkylation sites (tertiary alicyclic amines) is 1. The van der Waals surface area contributed by atoms with Gasteiger partial charge in [0.2, 0.25) is 5.91 Å². The smallest absolute Gasteiger partial charge is 0.223 e. The summed E-state index contributed by atoms with van der Waals surface area (Å²) >= 11 is 0. The number of carbonyl (C=O) groups excluding carboxylic acids is 1. The van der Waals surface area contributed by atoms with E-state index < -0.39 is 0 Å². The van der Waals surface area contributed by atoms with Gasteiger partial charge in [0.15, 0.2) is 0 Å². The van der Waals surface area contributed by atoms with Gasteiger partial charge < -0.3 is 19.4 Å². The molecule has 0 aliphatic carbocycles. The van der Waals surface area contributed by atoms with E-state index in [4.69, 9.17) is 4.74 Å². The molecule has 0 unspecified atom stereocenters. The van der Waals surface area contributed by atoms with Gasteiger partial charge >= 0.3 is 0 Å². The Kier molecular flexibility index (Phi) is 5.51. The van der Waals surface area contributed by atoms with Crippen LogP contribution >= 0.6 is 0 Å². The summed E-state index contributed by atoms with van der Waals surface area (Å²) in [5.41, 5.74) is 0. The molecule has 1 atom stereocenters. The van der Waals surface area contributed by atoms with Crippen molar-refractivity contribution in [2.45, 2.75) is 18.9 Å². The van der Waals surface area contributed by atoms with Crippen LogP contribution in [-0.2, 0) is 4.79 Å². The average Bonchev–Trinajstić information content (AvgIpc) is 3.03. The highest BCUT2D eigenvalue weighted by Crippen LogP contribution is 2.18. The van der Waals surface area contributed by atoms with Crippen molar-refractivity contribution in [1.82, 2.24) is 14.7 Å². The first-order chi connectivity index (χ1) is 11.2. The van der Waals surface area contributed by atoms with Crippen LogP contribution in [0.4, 0.5) is 0 Å². The molecule has 126 valence electrons. The molecule has 0 spiro atoms. The number of likely N-dealkylation sites (N-methyl/N-ethyl adjacent to an activating group) is 1. The van der Waals surface area contributed by atoms with Crippen LogP contribution < -0.4 is 4.74 Å². The molecule has 1 aromatic carbocycles. The third-order valence-electron chi connectivity index (χ3n) is 4.78. The number of amides is 1. The van der Waals surface area contributed by atoms with Crippen LogP contribution in [0.25, 0.3) is 0 Å². The number of para-hydroxylation sites is 1. The van der Waals surface area contributed by atoms with Crippen molar-refractivity contribution in [2.24, 2.45) is 0 Å². The molecule has 0 bridgehead atoms. The van der Waals surface area contributed by atoms with E-state index in [1.807, 2.05) is 35.2 Å². The molecule has 5 nitrogen and oxygen atoms in total. The van der Waals surface area contributed by atoms with Gasteiger partial charge in [0.25, 0.3) is 0 Å². The molecule has 0 radical (unpaired) electrons. The molecule has 0 saturated carbocycles. The van der Waals surface area contributed by atoms with Gasteiger partial charge in [0, 0.05) is 52.1 Å². The van der Waals surface area contributed by atoms with E-state index in [1.54, 1.807) is 0 Å². The number of ether oxygens (including phenoxy) is 1. The van der Waals surface area contributed by atoms with Crippen molar-refractivity contribution >= 4 is 5.91 Å². The molecule has 3 rings (SSSR count). The van der Waals surface area contributed by atoms with Crippen LogP contribution in [0.2, 0.25) is 0 Å². The zero-order chi connectivity index (χ0) is 16.1. The molecule has 2 aliphatic rings. The van der Waals surface area contributed by atoms with Gasteiger partial charge in [-0.1, -0.05) is 18.2 Å². The molecule has 2 fully saturated rings. The lowest BCUT2D eigenvalue weighted by Crippen LogP contribution is -2.45. The average molecular weight is 317 g/mol. The van der Waals surface area contributed by atoms with Gasteiger partial charge in [-0.15, -0.1) is 0 Å². The van der Waals surface area contributed by atoms with E-state index in [-0.39, 0.29) is 12.0 Å². The fraction of sp³-hybridized carbons (Fsp3) is 0.611. The van der Waals surface area contributed by atoms with Crippen molar-refractivity contribution in [3.8, 4) is 5.75 Å². The minimum atomic E-state index is 0.130. The molecule has 5 heteroatoms. The molecule has 1 aromatic rings. The van der Waals surface area contributed by atoms with Crippen LogP contribution in [0.15, 0.2) is 30.3 Å². The molecule has 1 amide bonds. The van der Waals surface area contributed by atoms with Gasteiger partial charge in [-0.05, 0) is 19.2 Å². The zero-order valence-corrected chi connectivity index (χ0v) is 14.0. The summed E-state index contributed by atoms with van der Waals surface area (Å²) in [5.74, 6) is 1.16. The number of piperazine rings is 1. The Bertz CT molecular complexity index is 500. The normalized spacial score (nSPS) is 23.2. The molecule has 0 N–H and O–H groups in total. The predicted molar refractivity (Wildman–Crippen MR) is 90.6 cm³/mol. The quantitative estimate of drug-likeness (QED) is 0.820. The lowest BCUT2D eigenvalue weighted by Gasteiger charge is -2.32. The molecule has 2 aliphatic heterocycles.